The summed E-state index contributed by atoms with van der Waals surface area (Å²) >= 11 is 14.2. The maximum absolute atomic E-state index is 12.7. The lowest BCUT2D eigenvalue weighted by molar-refractivity contribution is -0.141. The number of rotatable bonds is 10. The molecule has 2 heterocycles. The number of hydrogen-bond donors (Lipinski definition) is 3. The molecule has 1 aromatic carbocycles. The first-order chi connectivity index (χ1) is 17.5. The van der Waals surface area contributed by atoms with Gasteiger partial charge in [0.05, 0.1) is 27.1 Å². The summed E-state index contributed by atoms with van der Waals surface area (Å²) in [5.41, 5.74) is 0.665. The normalized spacial score (nSPS) is 15.3. The SMILES string of the molecule is CC(C)CC(=O)NCC(CC(=O)O)C(=O)NC1CCN(C(=O)/C=C/c2cc3ccsc3c(Cl)c2Cl)CC1. The Morgan fingerprint density at radius 1 is 1.16 bits per heavy atom. The molecule has 0 radical (unpaired) electrons. The van der Waals surface area contributed by atoms with Crippen LogP contribution in [0.25, 0.3) is 16.2 Å². The number of nitrogens with one attached hydrogen (secondary N) is 2. The van der Waals surface area contributed by atoms with E-state index in [1.165, 1.54) is 17.4 Å². The van der Waals surface area contributed by atoms with Crippen LogP contribution in [-0.2, 0) is 19.2 Å². The van der Waals surface area contributed by atoms with Crippen molar-refractivity contribution >= 4 is 74.4 Å². The van der Waals surface area contributed by atoms with Crippen LogP contribution in [0, 0.1) is 11.8 Å². The second-order valence-electron chi connectivity index (χ2n) is 9.57. The molecular formula is C26H31Cl2N3O5S. The van der Waals surface area contributed by atoms with Crippen LogP contribution < -0.4 is 10.6 Å². The van der Waals surface area contributed by atoms with Crippen molar-refractivity contribution in [1.82, 2.24) is 15.5 Å². The van der Waals surface area contributed by atoms with Gasteiger partial charge in [-0.05, 0) is 53.3 Å². The van der Waals surface area contributed by atoms with Gasteiger partial charge in [-0.3, -0.25) is 19.2 Å². The summed E-state index contributed by atoms with van der Waals surface area (Å²) in [6.45, 7) is 4.67. The molecule has 8 nitrogen and oxygen atoms in total. The molecule has 0 spiro atoms. The summed E-state index contributed by atoms with van der Waals surface area (Å²) in [5.74, 6) is -2.60. The van der Waals surface area contributed by atoms with Crippen molar-refractivity contribution in [3.05, 3.63) is 39.2 Å². The second kappa shape index (κ2) is 13.3. The molecule has 3 amide bonds. The van der Waals surface area contributed by atoms with Crippen LogP contribution in [0.15, 0.2) is 23.6 Å². The van der Waals surface area contributed by atoms with Gasteiger partial charge in [0.15, 0.2) is 0 Å². The molecule has 3 rings (SSSR count). The van der Waals surface area contributed by atoms with Gasteiger partial charge in [-0.15, -0.1) is 11.3 Å². The molecule has 1 fully saturated rings. The molecule has 2 aromatic rings. The van der Waals surface area contributed by atoms with Gasteiger partial charge in [-0.25, -0.2) is 0 Å². The molecule has 3 N–H and O–H groups in total. The lowest BCUT2D eigenvalue weighted by atomic mass is 10.0. The molecule has 1 aliphatic rings. The maximum atomic E-state index is 12.7. The first kappa shape index (κ1) is 28.9. The maximum Gasteiger partial charge on any atom is 0.304 e. The number of nitrogens with zero attached hydrogens (tertiary/aromatic N) is 1. The number of fused-ring (bicyclic) bond motifs is 1. The van der Waals surface area contributed by atoms with E-state index >= 15 is 0 Å². The third kappa shape index (κ3) is 8.18. The van der Waals surface area contributed by atoms with Gasteiger partial charge in [0.25, 0.3) is 0 Å². The topological polar surface area (TPSA) is 116 Å². The van der Waals surface area contributed by atoms with E-state index in [2.05, 4.69) is 10.6 Å². The van der Waals surface area contributed by atoms with Gasteiger partial charge in [0.2, 0.25) is 17.7 Å². The van der Waals surface area contributed by atoms with E-state index in [0.29, 0.717) is 48.0 Å². The smallest absolute Gasteiger partial charge is 0.304 e. The number of carbonyl (C=O) groups is 4. The quantitative estimate of drug-likeness (QED) is 0.363. The van der Waals surface area contributed by atoms with E-state index in [9.17, 15) is 24.3 Å². The molecule has 37 heavy (non-hydrogen) atoms. The highest BCUT2D eigenvalue weighted by Crippen LogP contribution is 2.37. The number of likely N-dealkylation sites (tertiary alicyclic amines) is 1. The van der Waals surface area contributed by atoms with E-state index < -0.39 is 17.8 Å². The standard InChI is InChI=1S/C26H31Cl2N3O5S/c1-15(2)11-20(32)29-14-18(13-22(34)35)26(36)30-19-5-8-31(9-6-19)21(33)4-3-16-12-17-7-10-37-25(17)24(28)23(16)27/h3-4,7,10,12,15,18-19H,5-6,8-9,11,13-14H2,1-2H3,(H,29,32)(H,30,36)(H,34,35)/b4-3+. The number of amides is 3. The van der Waals surface area contributed by atoms with Crippen molar-refractivity contribution in [2.45, 2.75) is 45.6 Å². The minimum Gasteiger partial charge on any atom is -0.481 e. The first-order valence-corrected chi connectivity index (χ1v) is 13.8. The number of aliphatic carboxylic acids is 1. The molecule has 1 saturated heterocycles. The number of hydrogen-bond acceptors (Lipinski definition) is 5. The van der Waals surface area contributed by atoms with Crippen molar-refractivity contribution in [3.63, 3.8) is 0 Å². The summed E-state index contributed by atoms with van der Waals surface area (Å²) in [5, 5.41) is 18.5. The Morgan fingerprint density at radius 2 is 1.86 bits per heavy atom. The second-order valence-corrected chi connectivity index (χ2v) is 11.2. The highest BCUT2D eigenvalue weighted by Gasteiger charge is 2.27. The van der Waals surface area contributed by atoms with Crippen LogP contribution in [0.4, 0.5) is 0 Å². The summed E-state index contributed by atoms with van der Waals surface area (Å²) < 4.78 is 0.905. The minimum atomic E-state index is -1.11. The first-order valence-electron chi connectivity index (χ1n) is 12.2. The Morgan fingerprint density at radius 3 is 2.51 bits per heavy atom. The van der Waals surface area contributed by atoms with Gasteiger partial charge in [-0.2, -0.15) is 0 Å². The molecule has 0 bridgehead atoms. The number of carbonyl (C=O) groups excluding carboxylic acids is 3. The third-order valence-corrected chi connectivity index (χ3v) is 8.08. The fourth-order valence-electron chi connectivity index (χ4n) is 4.17. The van der Waals surface area contributed by atoms with Crippen LogP contribution in [0.1, 0.15) is 45.1 Å². The zero-order valence-corrected chi connectivity index (χ0v) is 23.1. The van der Waals surface area contributed by atoms with Crippen LogP contribution >= 0.6 is 34.5 Å². The zero-order chi connectivity index (χ0) is 27.1. The number of benzene rings is 1. The van der Waals surface area contributed by atoms with E-state index in [-0.39, 0.29) is 36.7 Å². The van der Waals surface area contributed by atoms with Gasteiger partial charge in [-0.1, -0.05) is 37.0 Å². The third-order valence-electron chi connectivity index (χ3n) is 6.14. The predicted octanol–water partition coefficient (Wildman–Crippen LogP) is 4.58. The average molecular weight is 569 g/mol. The minimum absolute atomic E-state index is 0.0322. The average Bonchev–Trinajstić information content (AvgIpc) is 3.31. The fourth-order valence-corrected chi connectivity index (χ4v) is 5.61. The molecule has 1 aromatic heterocycles. The fraction of sp³-hybridized carbons (Fsp3) is 0.462. The summed E-state index contributed by atoms with van der Waals surface area (Å²) in [4.78, 5) is 50.4. The lowest BCUT2D eigenvalue weighted by Gasteiger charge is -2.32. The van der Waals surface area contributed by atoms with Crippen molar-refractivity contribution in [2.24, 2.45) is 11.8 Å². The molecule has 1 aliphatic heterocycles. The predicted molar refractivity (Wildman–Crippen MR) is 147 cm³/mol. The van der Waals surface area contributed by atoms with Crippen molar-refractivity contribution in [2.75, 3.05) is 19.6 Å². The molecule has 200 valence electrons. The van der Waals surface area contributed by atoms with Crippen molar-refractivity contribution in [1.29, 1.82) is 0 Å². The number of carboxylic acid groups (broad SMARTS) is 1. The van der Waals surface area contributed by atoms with Crippen LogP contribution in [0.5, 0.6) is 0 Å². The van der Waals surface area contributed by atoms with Gasteiger partial charge < -0.3 is 20.6 Å². The van der Waals surface area contributed by atoms with E-state index in [0.717, 1.165) is 10.1 Å². The number of carboxylic acids is 1. The molecular weight excluding hydrogens is 537 g/mol. The number of halogens is 2. The summed E-state index contributed by atoms with van der Waals surface area (Å²) in [6, 6.07) is 3.66. The lowest BCUT2D eigenvalue weighted by Crippen LogP contribution is -2.49. The van der Waals surface area contributed by atoms with Crippen LogP contribution in [0.3, 0.4) is 0 Å². The Kier molecular flexibility index (Phi) is 10.4. The highest BCUT2D eigenvalue weighted by atomic mass is 35.5. The summed E-state index contributed by atoms with van der Waals surface area (Å²) in [7, 11) is 0. The number of thiophene rings is 1. The van der Waals surface area contributed by atoms with Gasteiger partial charge >= 0.3 is 5.97 Å². The van der Waals surface area contributed by atoms with Crippen LogP contribution in [-0.4, -0.2) is 59.4 Å². The van der Waals surface area contributed by atoms with Crippen LogP contribution in [0.2, 0.25) is 10.0 Å². The van der Waals surface area contributed by atoms with E-state index in [1.807, 2.05) is 31.4 Å². The molecule has 0 aliphatic carbocycles. The van der Waals surface area contributed by atoms with Gasteiger partial charge in [0, 0.05) is 38.2 Å². The zero-order valence-electron chi connectivity index (χ0n) is 20.8. The Bertz CT molecular complexity index is 1190. The monoisotopic (exact) mass is 567 g/mol. The molecule has 1 unspecified atom stereocenters. The molecule has 1 atom stereocenters. The van der Waals surface area contributed by atoms with E-state index in [4.69, 9.17) is 23.2 Å². The molecule has 11 heteroatoms. The van der Waals surface area contributed by atoms with E-state index in [1.54, 1.807) is 11.0 Å². The van der Waals surface area contributed by atoms with Gasteiger partial charge in [0.1, 0.15) is 0 Å². The Hall–Kier alpha value is -2.62. The highest BCUT2D eigenvalue weighted by molar-refractivity contribution is 7.18. The van der Waals surface area contributed by atoms with Crippen molar-refractivity contribution in [3.8, 4) is 0 Å². The number of piperidine rings is 1. The summed E-state index contributed by atoms with van der Waals surface area (Å²) in [6.07, 6.45) is 4.14. The Labute approximate surface area is 230 Å². The van der Waals surface area contributed by atoms with Crippen molar-refractivity contribution < 1.29 is 24.3 Å². The largest absolute Gasteiger partial charge is 0.481 e. The Balaban J connectivity index is 1.52. The molecule has 0 saturated carbocycles.